The van der Waals surface area contributed by atoms with Crippen LogP contribution in [0.15, 0.2) is 30.3 Å². The average molecular weight is 442 g/mol. The molecule has 8 heteroatoms. The number of hydrogen-bond donors (Lipinski definition) is 2. The van der Waals surface area contributed by atoms with Crippen molar-refractivity contribution >= 4 is 28.9 Å². The zero-order valence-corrected chi connectivity index (χ0v) is 18.3. The molecule has 2 saturated heterocycles. The number of anilines is 4. The van der Waals surface area contributed by atoms with E-state index in [2.05, 4.69) is 15.2 Å². The molecule has 0 radical (unpaired) electrons. The number of pyridine rings is 1. The first-order valence-electron chi connectivity index (χ1n) is 11.3. The number of nitrogens with zero attached hydrogens (tertiary/aromatic N) is 3. The Morgan fingerprint density at radius 1 is 1.12 bits per heavy atom. The van der Waals surface area contributed by atoms with Crippen molar-refractivity contribution in [2.24, 2.45) is 11.8 Å². The molecule has 0 bridgehead atoms. The largest absolute Gasteiger partial charge is 0.399 e. The topological polar surface area (TPSA) is 74.5 Å². The molecule has 3 heterocycles. The number of aromatic nitrogens is 1. The van der Waals surface area contributed by atoms with Crippen molar-refractivity contribution in [1.29, 1.82) is 0 Å². The van der Waals surface area contributed by atoms with Gasteiger partial charge in [-0.1, -0.05) is 0 Å². The van der Waals surface area contributed by atoms with Crippen LogP contribution < -0.4 is 20.9 Å². The smallest absolute Gasteiger partial charge is 0.258 e. The second-order valence-corrected chi connectivity index (χ2v) is 9.45. The molecule has 5 rings (SSSR count). The number of carbonyl (C=O) groups excluding carboxylic acids is 1. The van der Waals surface area contributed by atoms with Gasteiger partial charge in [0.2, 0.25) is 0 Å². The lowest BCUT2D eigenvalue weighted by molar-refractivity contribution is -0.0221. The van der Waals surface area contributed by atoms with Crippen molar-refractivity contribution in [3.8, 4) is 0 Å². The Hall–Kier alpha value is -2.90. The fourth-order valence-corrected chi connectivity index (χ4v) is 4.93. The molecule has 1 aliphatic carbocycles. The van der Waals surface area contributed by atoms with E-state index in [0.29, 0.717) is 22.9 Å². The Morgan fingerprint density at radius 3 is 2.66 bits per heavy atom. The Kier molecular flexibility index (Phi) is 5.18. The molecule has 1 aromatic carbocycles. The molecule has 1 amide bonds. The van der Waals surface area contributed by atoms with Crippen LogP contribution in [0, 0.1) is 18.8 Å². The van der Waals surface area contributed by atoms with Crippen LogP contribution in [0.2, 0.25) is 0 Å². The van der Waals surface area contributed by atoms with Crippen molar-refractivity contribution in [2.75, 3.05) is 47.0 Å². The average Bonchev–Trinajstić information content (AvgIpc) is 3.52. The van der Waals surface area contributed by atoms with Gasteiger partial charge in [0.1, 0.15) is 11.6 Å². The number of carbonyl (C=O) groups is 1. The maximum absolute atomic E-state index is 13.5. The summed E-state index contributed by atoms with van der Waals surface area (Å²) in [7, 11) is 0. The van der Waals surface area contributed by atoms with E-state index in [0.717, 1.165) is 42.6 Å². The second-order valence-electron chi connectivity index (χ2n) is 9.45. The van der Waals surface area contributed by atoms with E-state index >= 15 is 0 Å². The molecule has 0 spiro atoms. The highest BCUT2D eigenvalue weighted by Gasteiger charge is 2.42. The third-order valence-corrected chi connectivity index (χ3v) is 6.92. The van der Waals surface area contributed by atoms with Crippen LogP contribution in [0.1, 0.15) is 41.6 Å². The summed E-state index contributed by atoms with van der Waals surface area (Å²) in [5, 5.41) is 2.92. The molecule has 1 aromatic heterocycles. The normalized spacial score (nSPS) is 24.1. The summed E-state index contributed by atoms with van der Waals surface area (Å²) in [5.41, 5.74) is 9.02. The molecule has 2 aromatic rings. The number of piperidine rings is 2. The van der Waals surface area contributed by atoms with Crippen LogP contribution in [-0.4, -0.2) is 43.0 Å². The van der Waals surface area contributed by atoms with E-state index in [4.69, 9.17) is 5.73 Å². The number of amides is 1. The van der Waals surface area contributed by atoms with Crippen LogP contribution in [0.5, 0.6) is 0 Å². The fraction of sp³-hybridized carbons (Fsp3) is 0.500. The number of rotatable bonds is 4. The Labute approximate surface area is 186 Å². The van der Waals surface area contributed by atoms with Gasteiger partial charge in [-0.25, -0.2) is 13.8 Å². The molecular weight excluding hydrogens is 412 g/mol. The molecule has 3 fully saturated rings. The number of aryl methyl sites for hydroxylation is 1. The molecule has 3 N–H and O–H groups in total. The zero-order valence-electron chi connectivity index (χ0n) is 18.3. The van der Waals surface area contributed by atoms with Crippen LogP contribution >= 0.6 is 0 Å². The number of halogens is 2. The predicted molar refractivity (Wildman–Crippen MR) is 123 cm³/mol. The summed E-state index contributed by atoms with van der Waals surface area (Å²) >= 11 is 0. The van der Waals surface area contributed by atoms with E-state index in [9.17, 15) is 13.6 Å². The molecule has 2 atom stereocenters. The lowest BCUT2D eigenvalue weighted by atomic mass is 10.1. The number of fused-ring (bicyclic) bond motifs is 1. The summed E-state index contributed by atoms with van der Waals surface area (Å²) in [6, 6.07) is 9.05. The van der Waals surface area contributed by atoms with Crippen LogP contribution in [-0.2, 0) is 0 Å². The number of nitrogens with two attached hydrogens (primary N) is 1. The van der Waals surface area contributed by atoms with E-state index in [-0.39, 0.29) is 31.8 Å². The summed E-state index contributed by atoms with van der Waals surface area (Å²) in [4.78, 5) is 21.9. The lowest BCUT2D eigenvalue weighted by Crippen LogP contribution is -2.39. The maximum atomic E-state index is 13.5. The number of alkyl halides is 2. The van der Waals surface area contributed by atoms with Gasteiger partial charge in [0.25, 0.3) is 11.8 Å². The number of benzene rings is 1. The Balaban J connectivity index is 1.36. The van der Waals surface area contributed by atoms with Gasteiger partial charge in [-0.3, -0.25) is 4.79 Å². The van der Waals surface area contributed by atoms with Gasteiger partial charge in [-0.2, -0.15) is 0 Å². The van der Waals surface area contributed by atoms with Crippen molar-refractivity contribution in [1.82, 2.24) is 4.98 Å². The van der Waals surface area contributed by atoms with Gasteiger partial charge in [-0.05, 0) is 67.5 Å². The highest BCUT2D eigenvalue weighted by atomic mass is 19.3. The number of nitrogen functional groups attached to an aromatic ring is 1. The van der Waals surface area contributed by atoms with Crippen LogP contribution in [0.25, 0.3) is 0 Å². The minimum Gasteiger partial charge on any atom is -0.399 e. The highest BCUT2D eigenvalue weighted by Crippen LogP contribution is 2.46. The quantitative estimate of drug-likeness (QED) is 0.692. The van der Waals surface area contributed by atoms with Gasteiger partial charge in [-0.15, -0.1) is 0 Å². The highest BCUT2D eigenvalue weighted by molar-refractivity contribution is 6.08. The van der Waals surface area contributed by atoms with Gasteiger partial charge in [0.05, 0.1) is 11.3 Å². The van der Waals surface area contributed by atoms with E-state index in [1.54, 1.807) is 18.2 Å². The van der Waals surface area contributed by atoms with Crippen molar-refractivity contribution in [2.45, 2.75) is 38.5 Å². The zero-order chi connectivity index (χ0) is 22.5. The molecule has 170 valence electrons. The maximum Gasteiger partial charge on any atom is 0.258 e. The summed E-state index contributed by atoms with van der Waals surface area (Å²) in [5.74, 6) is -0.256. The van der Waals surface area contributed by atoms with Crippen LogP contribution in [0.4, 0.5) is 31.8 Å². The van der Waals surface area contributed by atoms with Gasteiger partial charge in [0, 0.05) is 44.7 Å². The molecule has 1 saturated carbocycles. The van der Waals surface area contributed by atoms with Crippen molar-refractivity contribution in [3.05, 3.63) is 41.5 Å². The summed E-state index contributed by atoms with van der Waals surface area (Å²) < 4.78 is 27.1. The van der Waals surface area contributed by atoms with Gasteiger partial charge in [0.15, 0.2) is 0 Å². The molecule has 32 heavy (non-hydrogen) atoms. The third kappa shape index (κ3) is 4.36. The minimum atomic E-state index is -2.61. The third-order valence-electron chi connectivity index (χ3n) is 6.92. The first kappa shape index (κ1) is 21.0. The molecule has 3 aliphatic rings. The minimum absolute atomic E-state index is 0.184. The summed E-state index contributed by atoms with van der Waals surface area (Å²) in [6.07, 6.45) is 2.06. The lowest BCUT2D eigenvalue weighted by Gasteiger charge is -2.33. The van der Waals surface area contributed by atoms with E-state index < -0.39 is 5.92 Å². The number of nitrogens with one attached hydrogen (secondary N) is 1. The van der Waals surface area contributed by atoms with Gasteiger partial charge < -0.3 is 20.9 Å². The van der Waals surface area contributed by atoms with Gasteiger partial charge >= 0.3 is 0 Å². The Bertz CT molecular complexity index is 1030. The van der Waals surface area contributed by atoms with Crippen LogP contribution in [0.3, 0.4) is 0 Å². The fourth-order valence-electron chi connectivity index (χ4n) is 4.93. The monoisotopic (exact) mass is 441 g/mol. The molecule has 2 aliphatic heterocycles. The standard InChI is InChI=1S/C24H29F2N5O/c1-15-10-21(28-22(11-15)30-8-5-24(25,26)6-9-30)29-23(32)19-3-2-18(27)13-20(19)31-7-4-16-12-17(16)14-31/h2-3,10-11,13,16-17H,4-9,12,14,27H2,1H3,(H,28,29,32). The predicted octanol–water partition coefficient (Wildman–Crippen LogP) is 4.31. The first-order valence-corrected chi connectivity index (χ1v) is 11.3. The number of hydrogen-bond acceptors (Lipinski definition) is 5. The molecule has 2 unspecified atom stereocenters. The van der Waals surface area contributed by atoms with Crippen molar-refractivity contribution in [3.63, 3.8) is 0 Å². The van der Waals surface area contributed by atoms with E-state index in [1.807, 2.05) is 24.0 Å². The SMILES string of the molecule is Cc1cc(NC(=O)c2ccc(N)cc2N2CCC3CC3C2)nc(N2CCC(F)(F)CC2)c1. The molecule has 6 nitrogen and oxygen atoms in total. The van der Waals surface area contributed by atoms with E-state index in [1.165, 1.54) is 6.42 Å². The molecular formula is C24H29F2N5O. The summed E-state index contributed by atoms with van der Waals surface area (Å²) in [6.45, 7) is 4.29. The second kappa shape index (κ2) is 7.90. The first-order chi connectivity index (χ1) is 15.3. The Morgan fingerprint density at radius 2 is 1.91 bits per heavy atom. The van der Waals surface area contributed by atoms with Crippen molar-refractivity contribution < 1.29 is 13.6 Å².